The van der Waals surface area contributed by atoms with Crippen LogP contribution in [0.3, 0.4) is 0 Å². The molecule has 0 aromatic heterocycles. The Morgan fingerprint density at radius 2 is 1.80 bits per heavy atom. The summed E-state index contributed by atoms with van der Waals surface area (Å²) in [7, 11) is -3.52. The summed E-state index contributed by atoms with van der Waals surface area (Å²) in [5.74, 6) is 0.580. The number of halogens is 1. The van der Waals surface area contributed by atoms with Crippen molar-refractivity contribution < 1.29 is 13.2 Å². The monoisotopic (exact) mass is 350 g/mol. The number of ether oxygens (including phenoxy) is 1. The quantitative estimate of drug-likeness (QED) is 0.830. The van der Waals surface area contributed by atoms with Crippen LogP contribution in [0, 0.1) is 0 Å². The maximum Gasteiger partial charge on any atom is 0.207 e. The van der Waals surface area contributed by atoms with Crippen LogP contribution in [0.4, 0.5) is 0 Å². The second-order valence-corrected chi connectivity index (χ2v) is 7.17. The molecule has 0 saturated heterocycles. The molecule has 0 bridgehead atoms. The first kappa shape index (κ1) is 13.4. The Kier molecular flexibility index (Phi) is 3.40. The number of sulfone groups is 1. The molecule has 0 atom stereocenters. The van der Waals surface area contributed by atoms with Crippen LogP contribution in [0.5, 0.6) is 5.75 Å². The third-order valence-corrected chi connectivity index (χ3v) is 5.41. The first-order valence-electron chi connectivity index (χ1n) is 6.02. The van der Waals surface area contributed by atoms with Crippen LogP contribution in [0.2, 0.25) is 0 Å². The lowest BCUT2D eigenvalue weighted by Gasteiger charge is -2.19. The molecule has 0 saturated carbocycles. The summed E-state index contributed by atoms with van der Waals surface area (Å²) in [6.45, 7) is 0.255. The molecule has 3 nitrogen and oxygen atoms in total. The van der Waals surface area contributed by atoms with Gasteiger partial charge in [0, 0.05) is 10.0 Å². The van der Waals surface area contributed by atoms with E-state index < -0.39 is 9.84 Å². The molecule has 1 aliphatic heterocycles. The van der Waals surface area contributed by atoms with Crippen LogP contribution >= 0.6 is 15.9 Å². The maximum atomic E-state index is 12.7. The number of fused-ring (bicyclic) bond motifs is 1. The van der Waals surface area contributed by atoms with Crippen molar-refractivity contribution in [2.75, 3.05) is 6.61 Å². The van der Waals surface area contributed by atoms with Gasteiger partial charge in [0.25, 0.3) is 0 Å². The van der Waals surface area contributed by atoms with Gasteiger partial charge in [-0.2, -0.15) is 0 Å². The fourth-order valence-corrected chi connectivity index (χ4v) is 3.97. The Morgan fingerprint density at radius 3 is 2.55 bits per heavy atom. The molecule has 20 heavy (non-hydrogen) atoms. The van der Waals surface area contributed by atoms with E-state index in [1.54, 1.807) is 48.5 Å². The molecule has 1 aliphatic rings. The highest BCUT2D eigenvalue weighted by atomic mass is 79.9. The van der Waals surface area contributed by atoms with Crippen LogP contribution in [-0.2, 0) is 9.84 Å². The zero-order chi connectivity index (χ0) is 14.2. The SMILES string of the molecule is O=S(=O)(C1=CCOc2cc(Br)ccc21)c1ccccc1. The molecule has 0 fully saturated rings. The Balaban J connectivity index is 2.15. The standard InChI is InChI=1S/C15H11BrO3S/c16-11-6-7-13-14(10-11)19-9-8-15(13)20(17,18)12-4-2-1-3-5-12/h1-8,10H,9H2. The van der Waals surface area contributed by atoms with Gasteiger partial charge in [-0.25, -0.2) is 8.42 Å². The number of hydrogen-bond donors (Lipinski definition) is 0. The summed E-state index contributed by atoms with van der Waals surface area (Å²) < 4.78 is 31.7. The summed E-state index contributed by atoms with van der Waals surface area (Å²) in [4.78, 5) is 0.597. The Hall–Kier alpha value is -1.59. The van der Waals surface area contributed by atoms with E-state index in [0.29, 0.717) is 21.1 Å². The van der Waals surface area contributed by atoms with Gasteiger partial charge in [-0.3, -0.25) is 0 Å². The van der Waals surface area contributed by atoms with Gasteiger partial charge in [0.05, 0.1) is 9.80 Å². The van der Waals surface area contributed by atoms with E-state index in [-0.39, 0.29) is 6.61 Å². The lowest BCUT2D eigenvalue weighted by molar-refractivity contribution is 0.357. The van der Waals surface area contributed by atoms with E-state index >= 15 is 0 Å². The van der Waals surface area contributed by atoms with Crippen molar-refractivity contribution in [3.63, 3.8) is 0 Å². The molecule has 0 radical (unpaired) electrons. The number of hydrogen-bond acceptors (Lipinski definition) is 3. The van der Waals surface area contributed by atoms with Crippen molar-refractivity contribution in [1.29, 1.82) is 0 Å². The number of rotatable bonds is 2. The zero-order valence-electron chi connectivity index (χ0n) is 10.4. The van der Waals surface area contributed by atoms with Crippen molar-refractivity contribution >= 4 is 30.7 Å². The minimum Gasteiger partial charge on any atom is -0.489 e. The molecule has 3 rings (SSSR count). The van der Waals surface area contributed by atoms with E-state index in [0.717, 1.165) is 4.47 Å². The fourth-order valence-electron chi connectivity index (χ4n) is 2.12. The molecule has 0 N–H and O–H groups in total. The minimum absolute atomic E-state index is 0.255. The molecular formula is C15H11BrO3S. The third-order valence-electron chi connectivity index (χ3n) is 3.06. The average molecular weight is 351 g/mol. The largest absolute Gasteiger partial charge is 0.489 e. The van der Waals surface area contributed by atoms with Crippen LogP contribution in [0.25, 0.3) is 4.91 Å². The maximum absolute atomic E-state index is 12.7. The van der Waals surface area contributed by atoms with Gasteiger partial charge < -0.3 is 4.74 Å². The Labute approximate surface area is 125 Å². The van der Waals surface area contributed by atoms with Gasteiger partial charge >= 0.3 is 0 Å². The third kappa shape index (κ3) is 2.27. The second-order valence-electron chi connectivity index (χ2n) is 4.34. The molecule has 0 amide bonds. The summed E-state index contributed by atoms with van der Waals surface area (Å²) in [6.07, 6.45) is 1.61. The summed E-state index contributed by atoms with van der Waals surface area (Å²) >= 11 is 3.36. The van der Waals surface area contributed by atoms with E-state index in [4.69, 9.17) is 4.74 Å². The van der Waals surface area contributed by atoms with E-state index in [9.17, 15) is 8.42 Å². The van der Waals surface area contributed by atoms with E-state index in [1.165, 1.54) is 0 Å². The van der Waals surface area contributed by atoms with Crippen LogP contribution in [0.15, 0.2) is 64.0 Å². The molecular weight excluding hydrogens is 340 g/mol. The smallest absolute Gasteiger partial charge is 0.207 e. The first-order valence-corrected chi connectivity index (χ1v) is 8.30. The van der Waals surface area contributed by atoms with Crippen molar-refractivity contribution in [2.24, 2.45) is 0 Å². The minimum atomic E-state index is -3.52. The van der Waals surface area contributed by atoms with Crippen molar-refractivity contribution in [2.45, 2.75) is 4.90 Å². The zero-order valence-corrected chi connectivity index (χ0v) is 12.8. The summed E-state index contributed by atoms with van der Waals surface area (Å²) in [5.41, 5.74) is 0.600. The van der Waals surface area contributed by atoms with Gasteiger partial charge in [-0.05, 0) is 36.4 Å². The predicted molar refractivity (Wildman–Crippen MR) is 81.2 cm³/mol. The Morgan fingerprint density at radius 1 is 1.05 bits per heavy atom. The molecule has 1 heterocycles. The average Bonchev–Trinajstić information content (AvgIpc) is 2.47. The molecule has 2 aromatic rings. The van der Waals surface area contributed by atoms with Crippen LogP contribution in [-0.4, -0.2) is 15.0 Å². The van der Waals surface area contributed by atoms with Gasteiger partial charge in [0.1, 0.15) is 12.4 Å². The van der Waals surface area contributed by atoms with E-state index in [2.05, 4.69) is 15.9 Å². The van der Waals surface area contributed by atoms with Gasteiger partial charge in [0.2, 0.25) is 9.84 Å². The molecule has 0 spiro atoms. The molecule has 102 valence electrons. The normalized spacial score (nSPS) is 14.2. The highest BCUT2D eigenvalue weighted by Gasteiger charge is 2.26. The molecule has 0 unspecified atom stereocenters. The summed E-state index contributed by atoms with van der Waals surface area (Å²) in [5, 5.41) is 0. The lowest BCUT2D eigenvalue weighted by atomic mass is 10.1. The van der Waals surface area contributed by atoms with Gasteiger partial charge in [0.15, 0.2) is 0 Å². The summed E-state index contributed by atoms with van der Waals surface area (Å²) in [6, 6.07) is 13.8. The van der Waals surface area contributed by atoms with E-state index in [1.807, 2.05) is 6.07 Å². The molecule has 5 heteroatoms. The number of benzene rings is 2. The lowest BCUT2D eigenvalue weighted by Crippen LogP contribution is -2.11. The van der Waals surface area contributed by atoms with Crippen molar-refractivity contribution in [3.8, 4) is 5.75 Å². The van der Waals surface area contributed by atoms with Gasteiger partial charge in [-0.15, -0.1) is 0 Å². The predicted octanol–water partition coefficient (Wildman–Crippen LogP) is 3.66. The highest BCUT2D eigenvalue weighted by Crippen LogP contribution is 2.37. The second kappa shape index (κ2) is 5.07. The highest BCUT2D eigenvalue weighted by molar-refractivity contribution is 9.10. The fraction of sp³-hybridized carbons (Fsp3) is 0.0667. The Bertz CT molecular complexity index is 780. The molecule has 0 aliphatic carbocycles. The first-order chi connectivity index (χ1) is 9.59. The van der Waals surface area contributed by atoms with Crippen molar-refractivity contribution in [3.05, 3.63) is 64.6 Å². The van der Waals surface area contributed by atoms with Crippen LogP contribution < -0.4 is 4.74 Å². The van der Waals surface area contributed by atoms with Crippen LogP contribution in [0.1, 0.15) is 5.56 Å². The van der Waals surface area contributed by atoms with Gasteiger partial charge in [-0.1, -0.05) is 34.1 Å². The molecule has 2 aromatic carbocycles. The topological polar surface area (TPSA) is 43.4 Å². The van der Waals surface area contributed by atoms with Crippen molar-refractivity contribution in [1.82, 2.24) is 0 Å².